The van der Waals surface area contributed by atoms with E-state index in [2.05, 4.69) is 0 Å². The first-order chi connectivity index (χ1) is 11.7. The number of allylic oxidation sites excluding steroid dienone is 3. The molecule has 0 spiro atoms. The molecule has 0 aromatic heterocycles. The molecule has 0 unspecified atom stereocenters. The Morgan fingerprint density at radius 3 is 2.72 bits per heavy atom. The van der Waals surface area contributed by atoms with Crippen molar-refractivity contribution in [2.45, 2.75) is 57.9 Å². The molecule has 25 heavy (non-hydrogen) atoms. The SMILES string of the molecule is CC1(C)CCCC(OSC(F)(F)F)=C1CC(=O)OCC1=CCCC=C1. The van der Waals surface area contributed by atoms with Crippen LogP contribution in [-0.2, 0) is 13.7 Å². The predicted octanol–water partition coefficient (Wildman–Crippen LogP) is 5.84. The van der Waals surface area contributed by atoms with Crippen LogP contribution in [0, 0.1) is 5.41 Å². The zero-order valence-corrected chi connectivity index (χ0v) is 15.3. The van der Waals surface area contributed by atoms with Gasteiger partial charge in [-0.25, -0.2) is 0 Å². The van der Waals surface area contributed by atoms with E-state index in [4.69, 9.17) is 8.92 Å². The Kier molecular flexibility index (Phi) is 6.65. The number of esters is 1. The van der Waals surface area contributed by atoms with Gasteiger partial charge in [0.05, 0.1) is 6.42 Å². The second-order valence-electron chi connectivity index (χ2n) is 6.85. The summed E-state index contributed by atoms with van der Waals surface area (Å²) in [6.07, 6.45) is 9.77. The first-order valence-electron chi connectivity index (χ1n) is 8.33. The van der Waals surface area contributed by atoms with E-state index >= 15 is 0 Å². The summed E-state index contributed by atoms with van der Waals surface area (Å²) in [6, 6.07) is 0. The topological polar surface area (TPSA) is 35.5 Å². The van der Waals surface area contributed by atoms with E-state index in [-0.39, 0.29) is 24.2 Å². The van der Waals surface area contributed by atoms with E-state index in [0.717, 1.165) is 31.3 Å². The number of halogens is 3. The second-order valence-corrected chi connectivity index (χ2v) is 7.64. The third-order valence-electron chi connectivity index (χ3n) is 4.39. The van der Waals surface area contributed by atoms with Crippen molar-refractivity contribution < 1.29 is 26.9 Å². The minimum absolute atomic E-state index is 0.0439. The van der Waals surface area contributed by atoms with Crippen LogP contribution in [-0.4, -0.2) is 18.1 Å². The third-order valence-corrected chi connectivity index (χ3v) is 4.86. The van der Waals surface area contributed by atoms with Crippen LogP contribution in [0.15, 0.2) is 35.1 Å². The first-order valence-corrected chi connectivity index (χ1v) is 9.08. The van der Waals surface area contributed by atoms with Crippen LogP contribution in [0.1, 0.15) is 52.4 Å². The normalized spacial score (nSPS) is 20.3. The molecule has 7 heteroatoms. The molecule has 0 atom stereocenters. The Hall–Kier alpha value is -1.37. The Labute approximate surface area is 150 Å². The van der Waals surface area contributed by atoms with Crippen LogP contribution in [0.4, 0.5) is 13.2 Å². The Balaban J connectivity index is 2.02. The van der Waals surface area contributed by atoms with Gasteiger partial charge in [-0.3, -0.25) is 4.79 Å². The van der Waals surface area contributed by atoms with Gasteiger partial charge >= 0.3 is 11.5 Å². The highest BCUT2D eigenvalue weighted by Gasteiger charge is 2.36. The van der Waals surface area contributed by atoms with Crippen molar-refractivity contribution >= 4 is 18.0 Å². The Bertz CT molecular complexity index is 589. The molecule has 0 amide bonds. The lowest BCUT2D eigenvalue weighted by molar-refractivity contribution is -0.142. The number of carbonyl (C=O) groups is 1. The van der Waals surface area contributed by atoms with Crippen molar-refractivity contribution in [1.29, 1.82) is 0 Å². The molecule has 2 aliphatic rings. The standard InChI is InChI=1S/C18H23F3O3S/c1-17(2)10-6-9-15(24-25-18(19,20)21)14(17)11-16(22)23-12-13-7-4-3-5-8-13/h4,7-8H,3,5-6,9-12H2,1-2H3. The molecule has 0 fully saturated rings. The van der Waals surface area contributed by atoms with Crippen molar-refractivity contribution in [3.8, 4) is 0 Å². The summed E-state index contributed by atoms with van der Waals surface area (Å²) in [5.74, 6) is -0.185. The molecule has 0 saturated carbocycles. The lowest BCUT2D eigenvalue weighted by Gasteiger charge is -2.34. The van der Waals surface area contributed by atoms with E-state index in [1.807, 2.05) is 32.1 Å². The van der Waals surface area contributed by atoms with Gasteiger partial charge in [-0.1, -0.05) is 32.1 Å². The smallest absolute Gasteiger partial charge is 0.461 e. The lowest BCUT2D eigenvalue weighted by atomic mass is 9.73. The van der Waals surface area contributed by atoms with Crippen molar-refractivity contribution in [2.24, 2.45) is 5.41 Å². The summed E-state index contributed by atoms with van der Waals surface area (Å²) in [6.45, 7) is 4.03. The van der Waals surface area contributed by atoms with Gasteiger partial charge in [0.15, 0.2) is 12.0 Å². The van der Waals surface area contributed by atoms with Crippen molar-refractivity contribution in [2.75, 3.05) is 6.61 Å². The lowest BCUT2D eigenvalue weighted by Crippen LogP contribution is -2.24. The maximum Gasteiger partial charge on any atom is 0.479 e. The van der Waals surface area contributed by atoms with Gasteiger partial charge in [0, 0.05) is 6.42 Å². The second kappa shape index (κ2) is 8.34. The van der Waals surface area contributed by atoms with Gasteiger partial charge in [0.1, 0.15) is 12.4 Å². The van der Waals surface area contributed by atoms with E-state index in [1.165, 1.54) is 0 Å². The van der Waals surface area contributed by atoms with Gasteiger partial charge in [-0.15, -0.1) is 0 Å². The summed E-state index contributed by atoms with van der Waals surface area (Å²) in [5.41, 5.74) is -3.31. The van der Waals surface area contributed by atoms with Crippen LogP contribution in [0.25, 0.3) is 0 Å². The number of ether oxygens (including phenoxy) is 1. The van der Waals surface area contributed by atoms with Crippen molar-refractivity contribution in [3.05, 3.63) is 35.1 Å². The van der Waals surface area contributed by atoms with Crippen LogP contribution in [0.3, 0.4) is 0 Å². The average Bonchev–Trinajstić information content (AvgIpc) is 2.53. The van der Waals surface area contributed by atoms with E-state index < -0.39 is 23.5 Å². The largest absolute Gasteiger partial charge is 0.479 e. The minimum atomic E-state index is -4.47. The Morgan fingerprint density at radius 2 is 2.08 bits per heavy atom. The molecule has 0 radical (unpaired) electrons. The van der Waals surface area contributed by atoms with Crippen LogP contribution >= 0.6 is 12.0 Å². The molecule has 0 saturated heterocycles. The minimum Gasteiger partial charge on any atom is -0.461 e. The Morgan fingerprint density at radius 1 is 1.32 bits per heavy atom. The average molecular weight is 376 g/mol. The first kappa shape index (κ1) is 19.9. The summed E-state index contributed by atoms with van der Waals surface area (Å²) < 4.78 is 47.5. The number of hydrogen-bond donors (Lipinski definition) is 0. The molecule has 140 valence electrons. The molecular formula is C18H23F3O3S. The fourth-order valence-electron chi connectivity index (χ4n) is 3.03. The maximum absolute atomic E-state index is 12.4. The highest BCUT2D eigenvalue weighted by molar-refractivity contribution is 7.95. The fourth-order valence-corrected chi connectivity index (χ4v) is 3.41. The van der Waals surface area contributed by atoms with Gasteiger partial charge in [-0.05, 0) is 42.2 Å². The van der Waals surface area contributed by atoms with Gasteiger partial charge < -0.3 is 8.92 Å². The highest BCUT2D eigenvalue weighted by Crippen LogP contribution is 2.45. The van der Waals surface area contributed by atoms with Gasteiger partial charge in [0.25, 0.3) is 0 Å². The van der Waals surface area contributed by atoms with Gasteiger partial charge in [-0.2, -0.15) is 13.2 Å². The number of carbonyl (C=O) groups excluding carboxylic acids is 1. The number of alkyl halides is 3. The molecule has 0 heterocycles. The zero-order chi connectivity index (χ0) is 18.5. The van der Waals surface area contributed by atoms with Crippen molar-refractivity contribution in [3.63, 3.8) is 0 Å². The zero-order valence-electron chi connectivity index (χ0n) is 14.4. The molecular weight excluding hydrogens is 353 g/mol. The third kappa shape index (κ3) is 6.45. The highest BCUT2D eigenvalue weighted by atomic mass is 32.2. The molecule has 0 aromatic carbocycles. The molecule has 2 aliphatic carbocycles. The molecule has 0 N–H and O–H groups in total. The molecule has 0 aromatic rings. The van der Waals surface area contributed by atoms with E-state index in [1.54, 1.807) is 0 Å². The van der Waals surface area contributed by atoms with E-state index in [0.29, 0.717) is 12.0 Å². The number of hydrogen-bond acceptors (Lipinski definition) is 4. The van der Waals surface area contributed by atoms with Crippen LogP contribution in [0.2, 0.25) is 0 Å². The maximum atomic E-state index is 12.4. The van der Waals surface area contributed by atoms with Crippen molar-refractivity contribution in [1.82, 2.24) is 0 Å². The number of rotatable bonds is 6. The molecule has 3 nitrogen and oxygen atoms in total. The molecule has 2 rings (SSSR count). The van der Waals surface area contributed by atoms with Crippen LogP contribution in [0.5, 0.6) is 0 Å². The molecule has 0 bridgehead atoms. The molecule has 0 aliphatic heterocycles. The van der Waals surface area contributed by atoms with Gasteiger partial charge in [0.2, 0.25) is 0 Å². The predicted molar refractivity (Wildman–Crippen MR) is 91.4 cm³/mol. The van der Waals surface area contributed by atoms with E-state index in [9.17, 15) is 18.0 Å². The summed E-state index contributed by atoms with van der Waals surface area (Å²) in [4.78, 5) is 12.2. The quantitative estimate of drug-likeness (QED) is 0.431. The fraction of sp³-hybridized carbons (Fsp3) is 0.611. The monoisotopic (exact) mass is 376 g/mol. The summed E-state index contributed by atoms with van der Waals surface area (Å²) in [5, 5.41) is 0. The summed E-state index contributed by atoms with van der Waals surface area (Å²) >= 11 is -0.520. The summed E-state index contributed by atoms with van der Waals surface area (Å²) in [7, 11) is 0. The van der Waals surface area contributed by atoms with Crippen LogP contribution < -0.4 is 0 Å².